The van der Waals surface area contributed by atoms with Crippen LogP contribution in [0, 0.1) is 11.3 Å². The minimum atomic E-state index is -1.04. The molecule has 3 unspecified atom stereocenters. The van der Waals surface area contributed by atoms with Crippen LogP contribution in [0.3, 0.4) is 0 Å². The number of hydrogen-bond donors (Lipinski definition) is 0. The summed E-state index contributed by atoms with van der Waals surface area (Å²) in [4.78, 5) is 35.1. The Morgan fingerprint density at radius 3 is 2.52 bits per heavy atom. The lowest BCUT2D eigenvalue weighted by atomic mass is 9.64. The molecule has 1 rings (SSSR count). The van der Waals surface area contributed by atoms with E-state index in [1.165, 1.54) is 0 Å². The number of esters is 1. The SMILES string of the molecule is C=CC(=O)OC(CC)CC1(C(=O)Cl)CCCCC1C(=O)Cl. The fraction of sp³-hybridized carbons (Fsp3) is 0.667. The van der Waals surface area contributed by atoms with Gasteiger partial charge in [-0.15, -0.1) is 0 Å². The van der Waals surface area contributed by atoms with Crippen LogP contribution in [0.1, 0.15) is 45.4 Å². The van der Waals surface area contributed by atoms with Crippen molar-refractivity contribution in [2.24, 2.45) is 11.3 Å². The van der Waals surface area contributed by atoms with Gasteiger partial charge in [-0.3, -0.25) is 9.59 Å². The molecule has 0 bridgehead atoms. The Morgan fingerprint density at radius 2 is 2.05 bits per heavy atom. The molecule has 1 aliphatic rings. The molecule has 1 aliphatic carbocycles. The molecule has 0 saturated heterocycles. The quantitative estimate of drug-likeness (QED) is 0.405. The molecule has 0 aliphatic heterocycles. The van der Waals surface area contributed by atoms with E-state index in [1.807, 2.05) is 6.92 Å². The first-order valence-electron chi connectivity index (χ1n) is 7.09. The van der Waals surface area contributed by atoms with Crippen LogP contribution in [0.5, 0.6) is 0 Å². The highest BCUT2D eigenvalue weighted by Gasteiger charge is 2.50. The van der Waals surface area contributed by atoms with E-state index >= 15 is 0 Å². The number of carbonyl (C=O) groups is 3. The second-order valence-corrected chi connectivity index (χ2v) is 6.12. The van der Waals surface area contributed by atoms with Crippen molar-refractivity contribution in [1.29, 1.82) is 0 Å². The highest BCUT2D eigenvalue weighted by molar-refractivity contribution is 6.67. The summed E-state index contributed by atoms with van der Waals surface area (Å²) in [7, 11) is 0. The molecule has 118 valence electrons. The van der Waals surface area contributed by atoms with Crippen LogP contribution >= 0.6 is 23.2 Å². The molecular weight excluding hydrogens is 315 g/mol. The Hall–Kier alpha value is -0.870. The van der Waals surface area contributed by atoms with Gasteiger partial charge in [0, 0.05) is 12.0 Å². The maximum absolute atomic E-state index is 12.0. The summed E-state index contributed by atoms with van der Waals surface area (Å²) in [5, 5.41) is -1.12. The highest BCUT2D eigenvalue weighted by atomic mass is 35.5. The van der Waals surface area contributed by atoms with Gasteiger partial charge in [-0.25, -0.2) is 4.79 Å². The monoisotopic (exact) mass is 334 g/mol. The minimum absolute atomic E-state index is 0.217. The molecule has 1 fully saturated rings. The van der Waals surface area contributed by atoms with E-state index in [4.69, 9.17) is 27.9 Å². The first-order valence-corrected chi connectivity index (χ1v) is 7.85. The number of carbonyl (C=O) groups excluding carboxylic acids is 3. The van der Waals surface area contributed by atoms with Crippen molar-refractivity contribution in [1.82, 2.24) is 0 Å². The van der Waals surface area contributed by atoms with E-state index in [9.17, 15) is 14.4 Å². The highest BCUT2D eigenvalue weighted by Crippen LogP contribution is 2.48. The summed E-state index contributed by atoms with van der Waals surface area (Å²) in [6, 6.07) is 0. The molecule has 0 aromatic carbocycles. The minimum Gasteiger partial charge on any atom is -0.459 e. The van der Waals surface area contributed by atoms with Crippen LogP contribution in [-0.4, -0.2) is 22.6 Å². The molecule has 0 heterocycles. The third-order valence-electron chi connectivity index (χ3n) is 4.19. The summed E-state index contributed by atoms with van der Waals surface area (Å²) in [5.41, 5.74) is -1.04. The molecule has 3 atom stereocenters. The van der Waals surface area contributed by atoms with Crippen LogP contribution in [0.25, 0.3) is 0 Å². The summed E-state index contributed by atoms with van der Waals surface area (Å²) >= 11 is 11.5. The number of hydrogen-bond acceptors (Lipinski definition) is 4. The Kier molecular flexibility index (Phi) is 6.88. The second kappa shape index (κ2) is 7.95. The molecular formula is C15H20Cl2O4. The lowest BCUT2D eigenvalue weighted by molar-refractivity contribution is -0.149. The zero-order chi connectivity index (χ0) is 16.0. The fourth-order valence-corrected chi connectivity index (χ4v) is 3.64. The van der Waals surface area contributed by atoms with E-state index < -0.39 is 33.9 Å². The number of rotatable bonds is 7. The third-order valence-corrected chi connectivity index (χ3v) is 4.83. The van der Waals surface area contributed by atoms with Gasteiger partial charge in [0.1, 0.15) is 6.10 Å². The van der Waals surface area contributed by atoms with Crippen LogP contribution in [0.2, 0.25) is 0 Å². The Balaban J connectivity index is 3.02. The maximum atomic E-state index is 12.0. The van der Waals surface area contributed by atoms with Crippen molar-refractivity contribution in [3.63, 3.8) is 0 Å². The maximum Gasteiger partial charge on any atom is 0.330 e. The first-order chi connectivity index (χ1) is 9.87. The largest absolute Gasteiger partial charge is 0.459 e. The van der Waals surface area contributed by atoms with E-state index in [0.29, 0.717) is 19.3 Å². The molecule has 0 amide bonds. The first kappa shape index (κ1) is 18.2. The normalized spacial score (nSPS) is 26.7. The lowest BCUT2D eigenvalue weighted by Crippen LogP contribution is -2.44. The predicted octanol–water partition coefficient (Wildman–Crippen LogP) is 3.59. The Labute approximate surface area is 134 Å². The van der Waals surface area contributed by atoms with Crippen LogP contribution < -0.4 is 0 Å². The van der Waals surface area contributed by atoms with E-state index in [2.05, 4.69) is 6.58 Å². The molecule has 0 N–H and O–H groups in total. The van der Waals surface area contributed by atoms with Crippen molar-refractivity contribution in [2.45, 2.75) is 51.6 Å². The van der Waals surface area contributed by atoms with Gasteiger partial charge >= 0.3 is 5.97 Å². The predicted molar refractivity (Wildman–Crippen MR) is 81.1 cm³/mol. The Morgan fingerprint density at radius 1 is 1.38 bits per heavy atom. The smallest absolute Gasteiger partial charge is 0.330 e. The van der Waals surface area contributed by atoms with Gasteiger partial charge in [-0.1, -0.05) is 26.3 Å². The fourth-order valence-electron chi connectivity index (χ4n) is 3.02. The topological polar surface area (TPSA) is 60.4 Å². The molecule has 4 nitrogen and oxygen atoms in total. The van der Waals surface area contributed by atoms with E-state index in [1.54, 1.807) is 0 Å². The Bertz CT molecular complexity index is 435. The van der Waals surface area contributed by atoms with Crippen molar-refractivity contribution in [2.75, 3.05) is 0 Å². The molecule has 21 heavy (non-hydrogen) atoms. The van der Waals surface area contributed by atoms with Gasteiger partial charge in [-0.05, 0) is 48.9 Å². The van der Waals surface area contributed by atoms with Crippen molar-refractivity contribution in [3.8, 4) is 0 Å². The van der Waals surface area contributed by atoms with Gasteiger partial charge in [0.2, 0.25) is 10.5 Å². The van der Waals surface area contributed by atoms with Crippen molar-refractivity contribution in [3.05, 3.63) is 12.7 Å². The van der Waals surface area contributed by atoms with E-state index in [-0.39, 0.29) is 6.42 Å². The van der Waals surface area contributed by atoms with Gasteiger partial charge in [0.15, 0.2) is 0 Å². The molecule has 0 spiro atoms. The van der Waals surface area contributed by atoms with Crippen LogP contribution in [-0.2, 0) is 19.1 Å². The zero-order valence-electron chi connectivity index (χ0n) is 12.1. The summed E-state index contributed by atoms with van der Waals surface area (Å²) in [6.45, 7) is 5.19. The average Bonchev–Trinajstić information content (AvgIpc) is 2.46. The molecule has 0 aromatic rings. The van der Waals surface area contributed by atoms with Crippen molar-refractivity contribution < 1.29 is 19.1 Å². The van der Waals surface area contributed by atoms with Gasteiger partial charge in [-0.2, -0.15) is 0 Å². The van der Waals surface area contributed by atoms with E-state index in [0.717, 1.165) is 18.9 Å². The van der Waals surface area contributed by atoms with Gasteiger partial charge < -0.3 is 4.74 Å². The number of ether oxygens (including phenoxy) is 1. The average molecular weight is 335 g/mol. The zero-order valence-corrected chi connectivity index (χ0v) is 13.6. The summed E-state index contributed by atoms with van der Waals surface area (Å²) < 4.78 is 5.23. The molecule has 6 heteroatoms. The summed E-state index contributed by atoms with van der Waals surface area (Å²) in [5.74, 6) is -1.17. The second-order valence-electron chi connectivity index (χ2n) is 5.41. The van der Waals surface area contributed by atoms with Gasteiger partial charge in [0.05, 0.1) is 5.41 Å². The van der Waals surface area contributed by atoms with Gasteiger partial charge in [0.25, 0.3) is 0 Å². The molecule has 0 radical (unpaired) electrons. The standard InChI is InChI=1S/C15H20Cl2O4/c1-3-10(21-12(18)4-2)9-15(14(17)20)8-6-5-7-11(15)13(16)19/h4,10-11H,2-3,5-9H2,1H3. The third kappa shape index (κ3) is 4.30. The lowest BCUT2D eigenvalue weighted by Gasteiger charge is -2.41. The molecule has 1 saturated carbocycles. The summed E-state index contributed by atoms with van der Waals surface area (Å²) in [6.07, 6.45) is 3.97. The van der Waals surface area contributed by atoms with Crippen molar-refractivity contribution >= 4 is 39.7 Å². The van der Waals surface area contributed by atoms with Crippen LogP contribution in [0.15, 0.2) is 12.7 Å². The number of halogens is 2. The molecule has 0 aromatic heterocycles. The van der Waals surface area contributed by atoms with Crippen LogP contribution in [0.4, 0.5) is 0 Å².